The van der Waals surface area contributed by atoms with E-state index in [1.807, 2.05) is 18.2 Å². The molecule has 1 amide bonds. The molecule has 2 saturated heterocycles. The smallest absolute Gasteiger partial charge is 0.226 e. The number of piperidine rings is 1. The first-order valence-corrected chi connectivity index (χ1v) is 9.11. The maximum Gasteiger partial charge on any atom is 0.226 e. The molecule has 1 aromatic rings. The highest BCUT2D eigenvalue weighted by Gasteiger charge is 2.58. The second-order valence-electron chi connectivity index (χ2n) is 7.35. The van der Waals surface area contributed by atoms with Gasteiger partial charge in [0.25, 0.3) is 0 Å². The lowest BCUT2D eigenvalue weighted by molar-refractivity contribution is -0.133. The third-order valence-electron chi connectivity index (χ3n) is 6.10. The fourth-order valence-electron chi connectivity index (χ4n) is 4.45. The van der Waals surface area contributed by atoms with Crippen molar-refractivity contribution in [2.75, 3.05) is 51.3 Å². The third kappa shape index (κ3) is 3.90. The molecule has 0 bridgehead atoms. The molecule has 0 radical (unpaired) electrons. The van der Waals surface area contributed by atoms with Gasteiger partial charge in [-0.2, -0.15) is 0 Å². The summed E-state index contributed by atoms with van der Waals surface area (Å²) < 4.78 is 5.47. The van der Waals surface area contributed by atoms with Crippen molar-refractivity contribution in [3.8, 4) is 5.75 Å². The Morgan fingerprint density at radius 3 is 2.42 bits per heavy atom. The van der Waals surface area contributed by atoms with Crippen LogP contribution in [0, 0.1) is 11.3 Å². The van der Waals surface area contributed by atoms with Crippen LogP contribution in [0.3, 0.4) is 0 Å². The Bertz CT molecular complexity index is 615. The van der Waals surface area contributed by atoms with E-state index in [0.717, 1.165) is 57.1 Å². The largest absolute Gasteiger partial charge is 0.495 e. The van der Waals surface area contributed by atoms with Gasteiger partial charge in [0.2, 0.25) is 5.91 Å². The molecule has 1 spiro atoms. The molecule has 1 saturated carbocycles. The Hall–Kier alpha value is -1.17. The van der Waals surface area contributed by atoms with Crippen molar-refractivity contribution >= 4 is 36.4 Å². The molecule has 4 rings (SSSR count). The molecule has 3 fully saturated rings. The molecule has 1 aromatic carbocycles. The van der Waals surface area contributed by atoms with Crippen molar-refractivity contribution < 1.29 is 9.53 Å². The number of anilines is 1. The number of methoxy groups -OCH3 is 1. The summed E-state index contributed by atoms with van der Waals surface area (Å²) in [5.74, 6) is 1.60. The number of hydrogen-bond acceptors (Lipinski definition) is 4. The molecule has 1 atom stereocenters. The Balaban J connectivity index is 0.00000121. The second kappa shape index (κ2) is 8.68. The van der Waals surface area contributed by atoms with E-state index in [4.69, 9.17) is 4.74 Å². The van der Waals surface area contributed by atoms with Gasteiger partial charge in [-0.1, -0.05) is 12.1 Å². The Kier molecular flexibility index (Phi) is 7.05. The minimum absolute atomic E-state index is 0. The molecule has 2 aliphatic heterocycles. The summed E-state index contributed by atoms with van der Waals surface area (Å²) in [5.41, 5.74) is 1.47. The molecule has 0 aromatic heterocycles. The standard InChI is InChI=1S/C19H27N3O2.2ClH/c1-24-17-5-3-2-4-16(17)21-10-12-22(13-11-21)18(23)15-14-19(15)6-8-20-9-7-19;;/h2-5,15,20H,6-14H2,1H3;2*1H. The highest BCUT2D eigenvalue weighted by molar-refractivity contribution is 5.85. The van der Waals surface area contributed by atoms with Crippen molar-refractivity contribution in [3.63, 3.8) is 0 Å². The van der Waals surface area contributed by atoms with E-state index in [1.54, 1.807) is 7.11 Å². The van der Waals surface area contributed by atoms with Crippen LogP contribution in [0.2, 0.25) is 0 Å². The van der Waals surface area contributed by atoms with Gasteiger partial charge < -0.3 is 19.9 Å². The summed E-state index contributed by atoms with van der Waals surface area (Å²) >= 11 is 0. The molecule has 146 valence electrons. The number of halogens is 2. The maximum atomic E-state index is 12.9. The first kappa shape index (κ1) is 21.1. The van der Waals surface area contributed by atoms with Gasteiger partial charge in [0.05, 0.1) is 12.8 Å². The number of carbonyl (C=O) groups is 1. The van der Waals surface area contributed by atoms with Gasteiger partial charge in [-0.25, -0.2) is 0 Å². The average Bonchev–Trinajstić information content (AvgIpc) is 3.34. The van der Waals surface area contributed by atoms with Crippen LogP contribution in [0.4, 0.5) is 5.69 Å². The number of benzene rings is 1. The summed E-state index contributed by atoms with van der Waals surface area (Å²) in [5, 5.41) is 3.41. The van der Waals surface area contributed by atoms with E-state index < -0.39 is 0 Å². The predicted molar refractivity (Wildman–Crippen MR) is 109 cm³/mol. The van der Waals surface area contributed by atoms with Gasteiger partial charge in [-0.3, -0.25) is 4.79 Å². The summed E-state index contributed by atoms with van der Waals surface area (Å²) in [4.78, 5) is 17.3. The van der Waals surface area contributed by atoms with Crippen LogP contribution in [0.5, 0.6) is 5.75 Å². The number of carbonyl (C=O) groups excluding carboxylic acids is 1. The van der Waals surface area contributed by atoms with E-state index in [1.165, 1.54) is 12.8 Å². The molecule has 1 N–H and O–H groups in total. The van der Waals surface area contributed by atoms with Crippen LogP contribution in [0.25, 0.3) is 0 Å². The van der Waals surface area contributed by atoms with Crippen molar-refractivity contribution in [1.29, 1.82) is 0 Å². The second-order valence-corrected chi connectivity index (χ2v) is 7.35. The van der Waals surface area contributed by atoms with E-state index in [9.17, 15) is 4.79 Å². The molecular weight excluding hydrogens is 373 g/mol. The molecule has 5 nitrogen and oxygen atoms in total. The normalized spacial score (nSPS) is 23.7. The molecule has 1 aliphatic carbocycles. The Morgan fingerprint density at radius 2 is 1.77 bits per heavy atom. The fourth-order valence-corrected chi connectivity index (χ4v) is 4.45. The lowest BCUT2D eigenvalue weighted by Crippen LogP contribution is -2.50. The van der Waals surface area contributed by atoms with Crippen molar-refractivity contribution in [3.05, 3.63) is 24.3 Å². The van der Waals surface area contributed by atoms with Crippen molar-refractivity contribution in [1.82, 2.24) is 10.2 Å². The number of ether oxygens (including phenoxy) is 1. The quantitative estimate of drug-likeness (QED) is 0.844. The fraction of sp³-hybridized carbons (Fsp3) is 0.632. The highest BCUT2D eigenvalue weighted by Crippen LogP contribution is 2.59. The molecule has 3 aliphatic rings. The summed E-state index contributed by atoms with van der Waals surface area (Å²) in [7, 11) is 1.71. The summed E-state index contributed by atoms with van der Waals surface area (Å²) in [6.07, 6.45) is 3.45. The van der Waals surface area contributed by atoms with E-state index >= 15 is 0 Å². The van der Waals surface area contributed by atoms with E-state index in [0.29, 0.717) is 11.3 Å². The van der Waals surface area contributed by atoms with Crippen LogP contribution in [0.15, 0.2) is 24.3 Å². The summed E-state index contributed by atoms with van der Waals surface area (Å²) in [6.45, 7) is 5.56. The van der Waals surface area contributed by atoms with Crippen LogP contribution >= 0.6 is 24.8 Å². The van der Waals surface area contributed by atoms with Gasteiger partial charge in [-0.15, -0.1) is 24.8 Å². The minimum Gasteiger partial charge on any atom is -0.495 e. The summed E-state index contributed by atoms with van der Waals surface area (Å²) in [6, 6.07) is 8.13. The van der Waals surface area contributed by atoms with Gasteiger partial charge in [-0.05, 0) is 49.9 Å². The first-order valence-electron chi connectivity index (χ1n) is 9.11. The zero-order chi connectivity index (χ0) is 16.6. The lowest BCUT2D eigenvalue weighted by atomic mass is 9.91. The molecule has 2 heterocycles. The third-order valence-corrected chi connectivity index (χ3v) is 6.10. The predicted octanol–water partition coefficient (Wildman–Crippen LogP) is 2.58. The number of nitrogens with one attached hydrogen (secondary N) is 1. The Morgan fingerprint density at radius 1 is 1.12 bits per heavy atom. The van der Waals surface area contributed by atoms with Crippen LogP contribution in [0.1, 0.15) is 19.3 Å². The lowest BCUT2D eigenvalue weighted by Gasteiger charge is -2.37. The number of nitrogens with zero attached hydrogens (tertiary/aromatic N) is 2. The molecule has 1 unspecified atom stereocenters. The van der Waals surface area contributed by atoms with E-state index in [2.05, 4.69) is 21.2 Å². The number of para-hydroxylation sites is 2. The number of amides is 1. The van der Waals surface area contributed by atoms with Gasteiger partial charge in [0, 0.05) is 32.1 Å². The number of rotatable bonds is 3. The van der Waals surface area contributed by atoms with Gasteiger partial charge in [0.1, 0.15) is 5.75 Å². The zero-order valence-corrected chi connectivity index (χ0v) is 16.9. The maximum absolute atomic E-state index is 12.9. The molecular formula is C19H29Cl2N3O2. The first-order chi connectivity index (χ1) is 11.7. The zero-order valence-electron chi connectivity index (χ0n) is 15.3. The average molecular weight is 402 g/mol. The SMILES string of the molecule is COc1ccccc1N1CCN(C(=O)C2CC23CCNCC3)CC1.Cl.Cl. The van der Waals surface area contributed by atoms with Crippen LogP contribution < -0.4 is 15.0 Å². The molecule has 7 heteroatoms. The minimum atomic E-state index is 0. The monoisotopic (exact) mass is 401 g/mol. The highest BCUT2D eigenvalue weighted by atomic mass is 35.5. The molecule has 26 heavy (non-hydrogen) atoms. The van der Waals surface area contributed by atoms with E-state index in [-0.39, 0.29) is 30.7 Å². The van der Waals surface area contributed by atoms with Gasteiger partial charge >= 0.3 is 0 Å². The van der Waals surface area contributed by atoms with Crippen molar-refractivity contribution in [2.45, 2.75) is 19.3 Å². The van der Waals surface area contributed by atoms with Crippen molar-refractivity contribution in [2.24, 2.45) is 11.3 Å². The van der Waals surface area contributed by atoms with Crippen LogP contribution in [-0.4, -0.2) is 57.2 Å². The topological polar surface area (TPSA) is 44.8 Å². The number of hydrogen-bond donors (Lipinski definition) is 1. The van der Waals surface area contributed by atoms with Gasteiger partial charge in [0.15, 0.2) is 0 Å². The number of piperazine rings is 1. The van der Waals surface area contributed by atoms with Crippen LogP contribution in [-0.2, 0) is 4.79 Å². The Labute approximate surface area is 168 Å².